The van der Waals surface area contributed by atoms with Crippen molar-refractivity contribution in [1.82, 2.24) is 15.0 Å². The van der Waals surface area contributed by atoms with Gasteiger partial charge in [0.1, 0.15) is 17.6 Å². The van der Waals surface area contributed by atoms with E-state index in [1.165, 1.54) is 0 Å². The van der Waals surface area contributed by atoms with Crippen molar-refractivity contribution in [1.29, 1.82) is 0 Å². The number of hydrogen-bond acceptors (Lipinski definition) is 4. The number of carboxylic acid groups (broad SMARTS) is 1. The summed E-state index contributed by atoms with van der Waals surface area (Å²) in [5, 5.41) is 9.99. The molecule has 3 aromatic heterocycles. The minimum Gasteiger partial charge on any atom is -0.477 e. The first kappa shape index (κ1) is 31.8. The van der Waals surface area contributed by atoms with Gasteiger partial charge in [0.15, 0.2) is 0 Å². The van der Waals surface area contributed by atoms with Crippen molar-refractivity contribution >= 4 is 5.97 Å². The van der Waals surface area contributed by atoms with E-state index in [9.17, 15) is 18.7 Å². The summed E-state index contributed by atoms with van der Waals surface area (Å²) < 4.78 is 28.6. The monoisotopic (exact) mass is 757 g/mol. The Balaban J connectivity index is 0.00000423. The quantitative estimate of drug-likeness (QED) is 0.140. The first-order valence-corrected chi connectivity index (χ1v) is 13.5. The number of rotatable bonds is 6. The van der Waals surface area contributed by atoms with Gasteiger partial charge in [0, 0.05) is 32.2 Å². The molecular weight excluding hydrogens is 727 g/mol. The molecule has 0 fully saturated rings. The van der Waals surface area contributed by atoms with Crippen molar-refractivity contribution in [2.45, 2.75) is 47.0 Å². The molecule has 0 aliphatic heterocycles. The van der Waals surface area contributed by atoms with E-state index in [0.29, 0.717) is 11.4 Å². The Kier molecular flexibility index (Phi) is 9.07. The summed E-state index contributed by atoms with van der Waals surface area (Å²) in [5.41, 5.74) is 7.60. The maximum atomic E-state index is 14.9. The fourth-order valence-electron chi connectivity index (χ4n) is 5.45. The number of aromatic nitrogens is 3. The molecule has 222 valence electrons. The molecule has 5 aromatic rings. The van der Waals surface area contributed by atoms with Gasteiger partial charge in [-0.15, -0.1) is 6.07 Å². The first-order chi connectivity index (χ1) is 19.9. The summed E-state index contributed by atoms with van der Waals surface area (Å²) >= 11 is 0. The number of nitrogens with zero attached hydrogens (tertiary/aromatic N) is 3. The van der Waals surface area contributed by atoms with E-state index in [0.717, 1.165) is 50.6 Å². The molecule has 0 spiro atoms. The predicted octanol–water partition coefficient (Wildman–Crippen LogP) is 8.21. The number of hydrogen-bond donors (Lipinski definition) is 1. The molecule has 0 aliphatic rings. The Bertz CT molecular complexity index is 1830. The van der Waals surface area contributed by atoms with Crippen LogP contribution in [-0.2, 0) is 26.5 Å². The Morgan fingerprint density at radius 3 is 1.74 bits per heavy atom. The number of aromatic carboxylic acids is 1. The molecule has 0 radical (unpaired) electrons. The zero-order valence-electron chi connectivity index (χ0n) is 24.6. The molecule has 0 unspecified atom stereocenters. The van der Waals surface area contributed by atoms with Gasteiger partial charge in [-0.05, 0) is 110 Å². The summed E-state index contributed by atoms with van der Waals surface area (Å²) in [5.74, 6) is -3.14. The third-order valence-corrected chi connectivity index (χ3v) is 7.69. The number of benzene rings is 2. The Morgan fingerprint density at radius 2 is 1.26 bits per heavy atom. The summed E-state index contributed by atoms with van der Waals surface area (Å²) in [4.78, 5) is 24.9. The fourth-order valence-corrected chi connectivity index (χ4v) is 5.45. The smallest absolute Gasteiger partial charge is 0.354 e. The van der Waals surface area contributed by atoms with Crippen LogP contribution in [0.15, 0.2) is 66.7 Å². The maximum Gasteiger partial charge on any atom is 0.354 e. The van der Waals surface area contributed by atoms with Crippen molar-refractivity contribution in [3.05, 3.63) is 124 Å². The van der Waals surface area contributed by atoms with Gasteiger partial charge < -0.3 is 10.1 Å². The zero-order valence-corrected chi connectivity index (χ0v) is 26.9. The van der Waals surface area contributed by atoms with Crippen molar-refractivity contribution in [2.75, 3.05) is 0 Å². The number of aryl methyl sites for hydroxylation is 4. The van der Waals surface area contributed by atoms with E-state index < -0.39 is 23.3 Å². The van der Waals surface area contributed by atoms with Crippen LogP contribution in [0.3, 0.4) is 0 Å². The molecule has 0 bridgehead atoms. The normalized spacial score (nSPS) is 11.3. The van der Waals surface area contributed by atoms with Crippen LogP contribution in [-0.4, -0.2) is 26.0 Å². The molecule has 0 saturated carbocycles. The molecule has 5 rings (SSSR count). The number of carbonyl (C=O) groups is 1. The van der Waals surface area contributed by atoms with Gasteiger partial charge in [-0.2, -0.15) is 0 Å². The summed E-state index contributed by atoms with van der Waals surface area (Å²) in [6.45, 7) is 11.8. The van der Waals surface area contributed by atoms with Crippen LogP contribution >= 0.6 is 0 Å². The second-order valence-corrected chi connectivity index (χ2v) is 11.1. The summed E-state index contributed by atoms with van der Waals surface area (Å²) in [6, 6.07) is 22.6. The Hall–Kier alpha value is -4.09. The molecular formula is C35H30F2N3O2Pt-. The minimum atomic E-state index is -1.15. The molecule has 0 atom stereocenters. The van der Waals surface area contributed by atoms with Gasteiger partial charge in [0.05, 0.1) is 5.69 Å². The van der Waals surface area contributed by atoms with Crippen molar-refractivity contribution in [3.8, 4) is 33.5 Å². The largest absolute Gasteiger partial charge is 0.477 e. The van der Waals surface area contributed by atoms with Crippen LogP contribution in [0, 0.1) is 45.7 Å². The van der Waals surface area contributed by atoms with Gasteiger partial charge in [0.2, 0.25) is 0 Å². The van der Waals surface area contributed by atoms with Crippen LogP contribution in [0.2, 0.25) is 0 Å². The molecule has 43 heavy (non-hydrogen) atoms. The minimum absolute atomic E-state index is 0. The second-order valence-electron chi connectivity index (χ2n) is 11.1. The van der Waals surface area contributed by atoms with Crippen molar-refractivity contribution in [2.24, 2.45) is 0 Å². The van der Waals surface area contributed by atoms with Crippen LogP contribution in [0.5, 0.6) is 0 Å². The SMILES string of the molecule is Cc1cccc(C)c1-c1cc(C(=O)O)nc(C(C)(C)c2cc(-c3c(C)cccc3C)cc(-c3[c-]cc(F)nc3F)n2)c1.[Pt]. The number of pyridine rings is 3. The average Bonchev–Trinajstić information content (AvgIpc) is 2.92. The Morgan fingerprint density at radius 1 is 0.767 bits per heavy atom. The number of carboxylic acids is 1. The molecule has 1 N–H and O–H groups in total. The second kappa shape index (κ2) is 12.3. The van der Waals surface area contributed by atoms with E-state index >= 15 is 0 Å². The predicted molar refractivity (Wildman–Crippen MR) is 159 cm³/mol. The molecule has 2 aromatic carbocycles. The third kappa shape index (κ3) is 6.18. The van der Waals surface area contributed by atoms with Gasteiger partial charge in [-0.25, -0.2) is 18.6 Å². The molecule has 8 heteroatoms. The number of halogens is 2. The molecule has 0 saturated heterocycles. The van der Waals surface area contributed by atoms with Crippen molar-refractivity contribution < 1.29 is 39.7 Å². The van der Waals surface area contributed by atoms with E-state index in [-0.39, 0.29) is 38.0 Å². The summed E-state index contributed by atoms with van der Waals surface area (Å²) in [7, 11) is 0. The van der Waals surface area contributed by atoms with Gasteiger partial charge in [-0.1, -0.05) is 54.1 Å². The average molecular weight is 758 g/mol. The van der Waals surface area contributed by atoms with Gasteiger partial charge >= 0.3 is 5.97 Å². The van der Waals surface area contributed by atoms with Crippen LogP contribution in [0.4, 0.5) is 8.78 Å². The van der Waals surface area contributed by atoms with E-state index in [2.05, 4.69) is 16.0 Å². The van der Waals surface area contributed by atoms with Crippen LogP contribution in [0.25, 0.3) is 33.5 Å². The molecule has 0 aliphatic carbocycles. The van der Waals surface area contributed by atoms with Gasteiger partial charge in [0.25, 0.3) is 0 Å². The summed E-state index contributed by atoms with van der Waals surface area (Å²) in [6.07, 6.45) is 0. The van der Waals surface area contributed by atoms with Gasteiger partial charge in [-0.3, -0.25) is 4.98 Å². The van der Waals surface area contributed by atoms with Crippen LogP contribution < -0.4 is 0 Å². The molecule has 5 nitrogen and oxygen atoms in total. The van der Waals surface area contributed by atoms with E-state index in [1.54, 1.807) is 12.1 Å². The topological polar surface area (TPSA) is 76.0 Å². The molecule has 3 heterocycles. The first-order valence-electron chi connectivity index (χ1n) is 13.5. The standard InChI is InChI=1S/C35H30F2N3O2.Pt/c1-19-9-7-10-20(2)31(19)23-15-26(25-13-14-30(36)40-33(25)37)38-28(17-23)35(5,6)29-18-24(16-27(39-29)34(41)42)32-21(3)11-8-12-22(32)4;/h7-12,14-18H,1-6H3,(H,41,42);/q-1;. The fraction of sp³-hybridized carbons (Fsp3) is 0.200. The van der Waals surface area contributed by atoms with E-state index in [4.69, 9.17) is 4.98 Å². The third-order valence-electron chi connectivity index (χ3n) is 7.69. The zero-order chi connectivity index (χ0) is 30.3. The van der Waals surface area contributed by atoms with E-state index in [1.807, 2.05) is 90.1 Å². The maximum absolute atomic E-state index is 14.9. The Labute approximate surface area is 264 Å². The van der Waals surface area contributed by atoms with Crippen LogP contribution in [0.1, 0.15) is 58.0 Å². The molecule has 0 amide bonds. The van der Waals surface area contributed by atoms with Crippen molar-refractivity contribution in [3.63, 3.8) is 0 Å².